The van der Waals surface area contributed by atoms with E-state index in [2.05, 4.69) is 10.3 Å². The van der Waals surface area contributed by atoms with Gasteiger partial charge in [-0.05, 0) is 42.2 Å². The second-order valence-electron chi connectivity index (χ2n) is 7.34. The van der Waals surface area contributed by atoms with Crippen LogP contribution in [0.5, 0.6) is 0 Å². The van der Waals surface area contributed by atoms with Gasteiger partial charge in [-0.25, -0.2) is 0 Å². The number of nitrogens with one attached hydrogen (secondary N) is 1. The molecule has 1 heterocycles. The standard InChI is InChI=1S/C24H23N3O2/c28-22(26-17-20-10-7-15-25-16-20)24(13-14-24)23(29)27(21-11-5-2-6-12-21)18-19-8-3-1-4-9-19/h1-12,15-16H,13-14,17-18H2,(H,26,28). The molecule has 146 valence electrons. The molecule has 0 bridgehead atoms. The Morgan fingerprint density at radius 2 is 1.55 bits per heavy atom. The monoisotopic (exact) mass is 385 g/mol. The van der Waals surface area contributed by atoms with Gasteiger partial charge in [0.05, 0.1) is 6.54 Å². The number of para-hydroxylation sites is 1. The minimum Gasteiger partial charge on any atom is -0.351 e. The molecule has 1 N–H and O–H groups in total. The van der Waals surface area contributed by atoms with E-state index in [4.69, 9.17) is 0 Å². The molecule has 0 saturated heterocycles. The van der Waals surface area contributed by atoms with Crippen LogP contribution in [0.15, 0.2) is 85.2 Å². The van der Waals surface area contributed by atoms with Crippen LogP contribution in [0.1, 0.15) is 24.0 Å². The highest BCUT2D eigenvalue weighted by Crippen LogP contribution is 2.48. The van der Waals surface area contributed by atoms with Gasteiger partial charge in [-0.2, -0.15) is 0 Å². The van der Waals surface area contributed by atoms with Crippen LogP contribution >= 0.6 is 0 Å². The fourth-order valence-electron chi connectivity index (χ4n) is 3.43. The quantitative estimate of drug-likeness (QED) is 0.631. The van der Waals surface area contributed by atoms with Crippen molar-refractivity contribution in [2.24, 2.45) is 5.41 Å². The molecule has 4 rings (SSSR count). The Balaban J connectivity index is 1.54. The second kappa shape index (κ2) is 8.27. The molecule has 2 amide bonds. The number of hydrogen-bond donors (Lipinski definition) is 1. The first kappa shape index (κ1) is 18.9. The number of hydrogen-bond acceptors (Lipinski definition) is 3. The van der Waals surface area contributed by atoms with Crippen LogP contribution in [0.25, 0.3) is 0 Å². The highest BCUT2D eigenvalue weighted by molar-refractivity contribution is 6.14. The fourth-order valence-corrected chi connectivity index (χ4v) is 3.43. The largest absolute Gasteiger partial charge is 0.351 e. The molecule has 29 heavy (non-hydrogen) atoms. The lowest BCUT2D eigenvalue weighted by molar-refractivity contribution is -0.135. The Kier molecular flexibility index (Phi) is 5.38. The number of pyridine rings is 1. The molecule has 1 aromatic heterocycles. The van der Waals surface area contributed by atoms with Gasteiger partial charge in [0.2, 0.25) is 11.8 Å². The third kappa shape index (κ3) is 4.19. The highest BCUT2D eigenvalue weighted by Gasteiger charge is 2.58. The predicted molar refractivity (Wildman–Crippen MR) is 112 cm³/mol. The van der Waals surface area contributed by atoms with Crippen LogP contribution in [0.3, 0.4) is 0 Å². The van der Waals surface area contributed by atoms with Crippen LogP contribution in [-0.4, -0.2) is 16.8 Å². The van der Waals surface area contributed by atoms with Crippen molar-refractivity contribution in [3.05, 3.63) is 96.3 Å². The molecule has 0 aliphatic heterocycles. The lowest BCUT2D eigenvalue weighted by Crippen LogP contribution is -2.45. The van der Waals surface area contributed by atoms with Crippen LogP contribution in [0, 0.1) is 5.41 Å². The molecule has 0 unspecified atom stereocenters. The number of carbonyl (C=O) groups is 2. The molecule has 3 aromatic rings. The zero-order valence-corrected chi connectivity index (χ0v) is 16.1. The van der Waals surface area contributed by atoms with Crippen molar-refractivity contribution >= 4 is 17.5 Å². The van der Waals surface area contributed by atoms with Gasteiger partial charge < -0.3 is 10.2 Å². The summed E-state index contributed by atoms with van der Waals surface area (Å²) in [6.07, 6.45) is 4.55. The van der Waals surface area contributed by atoms with Gasteiger partial charge in [0.25, 0.3) is 0 Å². The summed E-state index contributed by atoms with van der Waals surface area (Å²) in [5.41, 5.74) is 1.75. The van der Waals surface area contributed by atoms with Crippen molar-refractivity contribution in [3.8, 4) is 0 Å². The normalized spacial score (nSPS) is 14.1. The molecule has 1 aliphatic carbocycles. The van der Waals surface area contributed by atoms with Gasteiger partial charge in [-0.1, -0.05) is 54.6 Å². The van der Waals surface area contributed by atoms with E-state index in [-0.39, 0.29) is 11.8 Å². The molecule has 2 aromatic carbocycles. The fraction of sp³-hybridized carbons (Fsp3) is 0.208. The average molecular weight is 385 g/mol. The minimum atomic E-state index is -0.979. The smallest absolute Gasteiger partial charge is 0.242 e. The molecule has 0 spiro atoms. The number of aromatic nitrogens is 1. The van der Waals surface area contributed by atoms with E-state index in [0.29, 0.717) is 25.9 Å². The van der Waals surface area contributed by atoms with Crippen molar-refractivity contribution in [3.63, 3.8) is 0 Å². The van der Waals surface area contributed by atoms with Crippen molar-refractivity contribution in [2.75, 3.05) is 4.90 Å². The lowest BCUT2D eigenvalue weighted by atomic mass is 10.0. The number of amides is 2. The maximum atomic E-state index is 13.5. The summed E-state index contributed by atoms with van der Waals surface area (Å²) in [6.45, 7) is 0.799. The molecule has 1 saturated carbocycles. The van der Waals surface area contributed by atoms with E-state index in [1.165, 1.54) is 0 Å². The summed E-state index contributed by atoms with van der Waals surface area (Å²) < 4.78 is 0. The molecule has 5 heteroatoms. The van der Waals surface area contributed by atoms with E-state index in [0.717, 1.165) is 16.8 Å². The second-order valence-corrected chi connectivity index (χ2v) is 7.34. The first-order valence-electron chi connectivity index (χ1n) is 9.77. The van der Waals surface area contributed by atoms with Gasteiger partial charge in [0.1, 0.15) is 5.41 Å². The average Bonchev–Trinajstić information content (AvgIpc) is 3.60. The number of benzene rings is 2. The Morgan fingerprint density at radius 3 is 2.17 bits per heavy atom. The van der Waals surface area contributed by atoms with Crippen LogP contribution in [-0.2, 0) is 22.7 Å². The zero-order valence-electron chi connectivity index (χ0n) is 16.1. The molecular formula is C24H23N3O2. The summed E-state index contributed by atoms with van der Waals surface area (Å²) >= 11 is 0. The molecular weight excluding hydrogens is 362 g/mol. The molecule has 0 atom stereocenters. The Morgan fingerprint density at radius 1 is 0.897 bits per heavy atom. The number of nitrogens with zero attached hydrogens (tertiary/aromatic N) is 2. The maximum absolute atomic E-state index is 13.5. The summed E-state index contributed by atoms with van der Waals surface area (Å²) in [7, 11) is 0. The molecule has 5 nitrogen and oxygen atoms in total. The predicted octanol–water partition coefficient (Wildman–Crippen LogP) is 3.71. The molecule has 0 radical (unpaired) electrons. The highest BCUT2D eigenvalue weighted by atomic mass is 16.2. The molecule has 1 fully saturated rings. The first-order chi connectivity index (χ1) is 14.2. The van der Waals surface area contributed by atoms with Gasteiger partial charge in [0.15, 0.2) is 0 Å². The maximum Gasteiger partial charge on any atom is 0.242 e. The summed E-state index contributed by atoms with van der Waals surface area (Å²) in [5, 5.41) is 2.93. The Bertz CT molecular complexity index is 971. The SMILES string of the molecule is O=C(NCc1cccnc1)C1(C(=O)N(Cc2ccccc2)c2ccccc2)CC1. The van der Waals surface area contributed by atoms with Gasteiger partial charge >= 0.3 is 0 Å². The number of carbonyl (C=O) groups excluding carboxylic acids is 2. The van der Waals surface area contributed by atoms with E-state index in [1.807, 2.05) is 72.8 Å². The number of rotatable bonds is 7. The van der Waals surface area contributed by atoms with Gasteiger partial charge in [-0.15, -0.1) is 0 Å². The van der Waals surface area contributed by atoms with Gasteiger partial charge in [-0.3, -0.25) is 14.6 Å². The topological polar surface area (TPSA) is 62.3 Å². The summed E-state index contributed by atoms with van der Waals surface area (Å²) in [4.78, 5) is 32.3. The van der Waals surface area contributed by atoms with Crippen LogP contribution < -0.4 is 10.2 Å². The van der Waals surface area contributed by atoms with E-state index < -0.39 is 5.41 Å². The first-order valence-corrected chi connectivity index (χ1v) is 9.77. The van der Waals surface area contributed by atoms with E-state index in [9.17, 15) is 9.59 Å². The summed E-state index contributed by atoms with van der Waals surface area (Å²) in [6, 6.07) is 23.1. The van der Waals surface area contributed by atoms with E-state index in [1.54, 1.807) is 17.3 Å². The Hall–Kier alpha value is -3.47. The van der Waals surface area contributed by atoms with Crippen LogP contribution in [0.4, 0.5) is 5.69 Å². The van der Waals surface area contributed by atoms with Crippen molar-refractivity contribution < 1.29 is 9.59 Å². The van der Waals surface area contributed by atoms with E-state index >= 15 is 0 Å². The van der Waals surface area contributed by atoms with Crippen LogP contribution in [0.2, 0.25) is 0 Å². The zero-order chi connectivity index (χ0) is 20.1. The van der Waals surface area contributed by atoms with Crippen molar-refractivity contribution in [2.45, 2.75) is 25.9 Å². The number of anilines is 1. The lowest BCUT2D eigenvalue weighted by Gasteiger charge is -2.27. The summed E-state index contributed by atoms with van der Waals surface area (Å²) in [5.74, 6) is -0.350. The Labute approximate surface area is 170 Å². The van der Waals surface area contributed by atoms with Crippen molar-refractivity contribution in [1.82, 2.24) is 10.3 Å². The van der Waals surface area contributed by atoms with Crippen molar-refractivity contribution in [1.29, 1.82) is 0 Å². The third-order valence-corrected chi connectivity index (χ3v) is 5.27. The van der Waals surface area contributed by atoms with Gasteiger partial charge in [0, 0.05) is 24.6 Å². The minimum absolute atomic E-state index is 0.142. The third-order valence-electron chi connectivity index (χ3n) is 5.27. The molecule has 1 aliphatic rings.